The van der Waals surface area contributed by atoms with Crippen LogP contribution in [0.2, 0.25) is 0 Å². The Hall–Kier alpha value is -1.29. The number of halogens is 1. The number of aromatic nitrogens is 1. The molecule has 0 radical (unpaired) electrons. The van der Waals surface area contributed by atoms with Crippen molar-refractivity contribution in [1.82, 2.24) is 9.88 Å². The maximum absolute atomic E-state index is 11.6. The Morgan fingerprint density at radius 3 is 2.86 bits per heavy atom. The number of hydrogen-bond donors (Lipinski definition) is 1. The van der Waals surface area contributed by atoms with Gasteiger partial charge in [0.1, 0.15) is 5.69 Å². The summed E-state index contributed by atoms with van der Waals surface area (Å²) in [5.74, 6) is 0.141. The van der Waals surface area contributed by atoms with E-state index < -0.39 is 0 Å². The number of alkyl halides is 1. The molecule has 1 rings (SSSR count). The summed E-state index contributed by atoms with van der Waals surface area (Å²) in [6.07, 6.45) is 0. The maximum atomic E-state index is 11.6. The molecular formula is C9H11ClN2O2. The lowest BCUT2D eigenvalue weighted by Crippen LogP contribution is -2.30. The van der Waals surface area contributed by atoms with Crippen LogP contribution in [0.15, 0.2) is 23.0 Å². The van der Waals surface area contributed by atoms with Crippen LogP contribution in [-0.4, -0.2) is 35.3 Å². The molecule has 1 N–H and O–H groups in total. The molecule has 1 heterocycles. The number of nitrogens with one attached hydrogen (secondary N) is 1. The van der Waals surface area contributed by atoms with E-state index in [1.54, 1.807) is 19.2 Å². The molecule has 4 nitrogen and oxygen atoms in total. The van der Waals surface area contributed by atoms with E-state index in [0.717, 1.165) is 0 Å². The molecule has 1 aromatic heterocycles. The van der Waals surface area contributed by atoms with Crippen LogP contribution >= 0.6 is 11.6 Å². The zero-order chi connectivity index (χ0) is 10.6. The van der Waals surface area contributed by atoms with Gasteiger partial charge in [-0.15, -0.1) is 11.6 Å². The highest BCUT2D eigenvalue weighted by molar-refractivity contribution is 6.18. The van der Waals surface area contributed by atoms with Crippen LogP contribution in [0.5, 0.6) is 0 Å². The SMILES string of the molecule is CN(CCCl)C(=O)c1cccc(=O)[nH]1. The van der Waals surface area contributed by atoms with E-state index in [0.29, 0.717) is 12.4 Å². The average molecular weight is 215 g/mol. The van der Waals surface area contributed by atoms with Crippen LogP contribution in [-0.2, 0) is 0 Å². The van der Waals surface area contributed by atoms with E-state index in [1.807, 2.05) is 0 Å². The van der Waals surface area contributed by atoms with Gasteiger partial charge in [0.25, 0.3) is 5.91 Å². The van der Waals surface area contributed by atoms with Gasteiger partial charge in [-0.1, -0.05) is 6.07 Å². The van der Waals surface area contributed by atoms with Crippen molar-refractivity contribution in [3.05, 3.63) is 34.2 Å². The fourth-order valence-corrected chi connectivity index (χ4v) is 1.26. The summed E-state index contributed by atoms with van der Waals surface area (Å²) >= 11 is 5.49. The van der Waals surface area contributed by atoms with Gasteiger partial charge < -0.3 is 9.88 Å². The standard InChI is InChI=1S/C9H11ClN2O2/c1-12(6-5-10)9(14)7-3-2-4-8(13)11-7/h2-4H,5-6H2,1H3,(H,11,13). The fourth-order valence-electron chi connectivity index (χ4n) is 1.01. The summed E-state index contributed by atoms with van der Waals surface area (Å²) < 4.78 is 0. The van der Waals surface area contributed by atoms with Gasteiger partial charge in [-0.25, -0.2) is 0 Å². The third-order valence-electron chi connectivity index (χ3n) is 1.77. The van der Waals surface area contributed by atoms with E-state index in [4.69, 9.17) is 11.6 Å². The number of carbonyl (C=O) groups is 1. The van der Waals surface area contributed by atoms with Crippen LogP contribution in [0.4, 0.5) is 0 Å². The molecule has 5 heteroatoms. The van der Waals surface area contributed by atoms with Gasteiger partial charge in [-0.2, -0.15) is 0 Å². The zero-order valence-corrected chi connectivity index (χ0v) is 8.54. The van der Waals surface area contributed by atoms with Gasteiger partial charge in [0.2, 0.25) is 5.56 Å². The van der Waals surface area contributed by atoms with Crippen molar-refractivity contribution in [2.75, 3.05) is 19.5 Å². The minimum atomic E-state index is -0.282. The van der Waals surface area contributed by atoms with Gasteiger partial charge in [-0.3, -0.25) is 9.59 Å². The first-order valence-corrected chi connectivity index (χ1v) is 4.69. The predicted octanol–water partition coefficient (Wildman–Crippen LogP) is 0.686. The van der Waals surface area contributed by atoms with Gasteiger partial charge in [-0.05, 0) is 6.07 Å². The lowest BCUT2D eigenvalue weighted by Gasteiger charge is -2.14. The molecule has 76 valence electrons. The highest BCUT2D eigenvalue weighted by Gasteiger charge is 2.10. The molecule has 0 saturated heterocycles. The number of carbonyl (C=O) groups excluding carboxylic acids is 1. The average Bonchev–Trinajstić information content (AvgIpc) is 2.17. The smallest absolute Gasteiger partial charge is 0.270 e. The Kier molecular flexibility index (Phi) is 3.71. The van der Waals surface area contributed by atoms with E-state index in [2.05, 4.69) is 4.98 Å². The lowest BCUT2D eigenvalue weighted by atomic mass is 10.3. The summed E-state index contributed by atoms with van der Waals surface area (Å²) in [4.78, 5) is 26.4. The topological polar surface area (TPSA) is 53.2 Å². The second kappa shape index (κ2) is 4.81. The summed E-state index contributed by atoms with van der Waals surface area (Å²) in [6.45, 7) is 0.456. The van der Waals surface area contributed by atoms with Gasteiger partial charge in [0.05, 0.1) is 0 Å². The van der Waals surface area contributed by atoms with Crippen molar-refractivity contribution < 1.29 is 4.79 Å². The van der Waals surface area contributed by atoms with Crippen LogP contribution in [0.3, 0.4) is 0 Å². The zero-order valence-electron chi connectivity index (χ0n) is 7.79. The molecule has 0 spiro atoms. The molecule has 0 aliphatic carbocycles. The lowest BCUT2D eigenvalue weighted by molar-refractivity contribution is 0.0797. The monoisotopic (exact) mass is 214 g/mol. The molecule has 14 heavy (non-hydrogen) atoms. The number of nitrogens with zero attached hydrogens (tertiary/aromatic N) is 1. The van der Waals surface area contributed by atoms with Crippen LogP contribution in [0.25, 0.3) is 0 Å². The summed E-state index contributed by atoms with van der Waals surface area (Å²) in [5, 5.41) is 0. The van der Waals surface area contributed by atoms with Crippen molar-refractivity contribution in [1.29, 1.82) is 0 Å². The Balaban J connectivity index is 2.84. The van der Waals surface area contributed by atoms with Gasteiger partial charge in [0.15, 0.2) is 0 Å². The molecule has 0 bridgehead atoms. The minimum absolute atomic E-state index is 0.233. The number of hydrogen-bond acceptors (Lipinski definition) is 2. The second-order valence-electron chi connectivity index (χ2n) is 2.84. The Morgan fingerprint density at radius 1 is 1.57 bits per heavy atom. The van der Waals surface area contributed by atoms with E-state index in [9.17, 15) is 9.59 Å². The number of aromatic amines is 1. The molecule has 0 unspecified atom stereocenters. The van der Waals surface area contributed by atoms with Crippen LogP contribution in [0.1, 0.15) is 10.5 Å². The Morgan fingerprint density at radius 2 is 2.29 bits per heavy atom. The molecule has 0 aromatic carbocycles. The molecule has 1 amide bonds. The summed E-state index contributed by atoms with van der Waals surface area (Å²) in [5.41, 5.74) is 0.000222. The molecule has 1 aromatic rings. The predicted molar refractivity (Wildman–Crippen MR) is 54.7 cm³/mol. The number of H-pyrrole nitrogens is 1. The Bertz CT molecular complexity index is 375. The third kappa shape index (κ3) is 2.60. The van der Waals surface area contributed by atoms with Crippen molar-refractivity contribution in [2.45, 2.75) is 0 Å². The summed E-state index contributed by atoms with van der Waals surface area (Å²) in [6, 6.07) is 4.47. The molecule has 0 aliphatic heterocycles. The first kappa shape index (κ1) is 10.8. The normalized spacial score (nSPS) is 9.86. The third-order valence-corrected chi connectivity index (χ3v) is 1.93. The van der Waals surface area contributed by atoms with Crippen molar-refractivity contribution in [2.24, 2.45) is 0 Å². The second-order valence-corrected chi connectivity index (χ2v) is 3.22. The van der Waals surface area contributed by atoms with Crippen LogP contribution < -0.4 is 5.56 Å². The highest BCUT2D eigenvalue weighted by atomic mass is 35.5. The molecule has 0 fully saturated rings. The fraction of sp³-hybridized carbons (Fsp3) is 0.333. The van der Waals surface area contributed by atoms with Crippen molar-refractivity contribution >= 4 is 17.5 Å². The van der Waals surface area contributed by atoms with Crippen molar-refractivity contribution in [3.63, 3.8) is 0 Å². The first-order chi connectivity index (χ1) is 6.65. The van der Waals surface area contributed by atoms with E-state index in [1.165, 1.54) is 11.0 Å². The molecular weight excluding hydrogens is 204 g/mol. The van der Waals surface area contributed by atoms with Crippen molar-refractivity contribution in [3.8, 4) is 0 Å². The quantitative estimate of drug-likeness (QED) is 0.753. The van der Waals surface area contributed by atoms with Crippen LogP contribution in [0, 0.1) is 0 Å². The number of amides is 1. The maximum Gasteiger partial charge on any atom is 0.270 e. The molecule has 0 saturated carbocycles. The molecule has 0 aliphatic rings. The number of pyridine rings is 1. The minimum Gasteiger partial charge on any atom is -0.339 e. The van der Waals surface area contributed by atoms with E-state index in [-0.39, 0.29) is 17.2 Å². The Labute approximate surface area is 86.5 Å². The first-order valence-electron chi connectivity index (χ1n) is 4.16. The van der Waals surface area contributed by atoms with Gasteiger partial charge in [0, 0.05) is 25.5 Å². The molecule has 0 atom stereocenters. The summed E-state index contributed by atoms with van der Waals surface area (Å²) in [7, 11) is 1.63. The number of rotatable bonds is 3. The highest BCUT2D eigenvalue weighted by Crippen LogP contribution is 1.97. The van der Waals surface area contributed by atoms with E-state index >= 15 is 0 Å². The van der Waals surface area contributed by atoms with Gasteiger partial charge >= 0.3 is 0 Å². The largest absolute Gasteiger partial charge is 0.339 e.